The molecule has 1 aliphatic heterocycles. The maximum absolute atomic E-state index is 13.0. The van der Waals surface area contributed by atoms with Gasteiger partial charge in [-0.3, -0.25) is 14.4 Å². The monoisotopic (exact) mass is 481 g/mol. The molecule has 1 heterocycles. The molecule has 1 fully saturated rings. The second kappa shape index (κ2) is 9.99. The maximum atomic E-state index is 13.0. The van der Waals surface area contributed by atoms with Crippen LogP contribution in [0.4, 0.5) is 23.7 Å². The second-order valence-corrected chi connectivity index (χ2v) is 7.69. The number of imide groups is 1. The lowest BCUT2D eigenvalue weighted by atomic mass is 10.1. The van der Waals surface area contributed by atoms with Gasteiger partial charge in [-0.05, 0) is 60.7 Å². The van der Waals surface area contributed by atoms with E-state index < -0.39 is 28.9 Å². The fourth-order valence-electron chi connectivity index (χ4n) is 2.91. The third-order valence-corrected chi connectivity index (χ3v) is 5.23. The molecule has 174 valence electrons. The van der Waals surface area contributed by atoms with E-state index in [1.54, 1.807) is 19.1 Å². The molecule has 0 aliphatic carbocycles. The largest absolute Gasteiger partial charge is 0.490 e. The summed E-state index contributed by atoms with van der Waals surface area (Å²) in [7, 11) is 0. The first-order chi connectivity index (χ1) is 15.6. The summed E-state index contributed by atoms with van der Waals surface area (Å²) in [6.45, 7) is 1.98. The van der Waals surface area contributed by atoms with Crippen molar-refractivity contribution in [3.8, 4) is 11.5 Å². The van der Waals surface area contributed by atoms with Gasteiger partial charge in [-0.2, -0.15) is 13.2 Å². The highest BCUT2D eigenvalue weighted by atomic mass is 32.2. The van der Waals surface area contributed by atoms with E-state index in [9.17, 15) is 27.6 Å². The van der Waals surface area contributed by atoms with E-state index in [4.69, 9.17) is 14.6 Å². The number of amides is 2. The highest BCUT2D eigenvalue weighted by Gasteiger charge is 2.38. The van der Waals surface area contributed by atoms with Gasteiger partial charge in [-0.25, -0.2) is 4.90 Å². The Morgan fingerprint density at radius 1 is 1.12 bits per heavy atom. The van der Waals surface area contributed by atoms with E-state index >= 15 is 0 Å². The van der Waals surface area contributed by atoms with Gasteiger partial charge in [-0.1, -0.05) is 12.1 Å². The highest BCUT2D eigenvalue weighted by Crippen LogP contribution is 2.39. The van der Waals surface area contributed by atoms with Gasteiger partial charge >= 0.3 is 12.1 Å². The van der Waals surface area contributed by atoms with Gasteiger partial charge in [0.2, 0.25) is 0 Å². The molecule has 1 N–H and O–H groups in total. The maximum Gasteiger partial charge on any atom is 0.416 e. The molecule has 2 aromatic rings. The lowest BCUT2D eigenvalue weighted by Gasteiger charge is -2.15. The van der Waals surface area contributed by atoms with Crippen molar-refractivity contribution in [2.75, 3.05) is 18.1 Å². The minimum atomic E-state index is -4.61. The highest BCUT2D eigenvalue weighted by molar-refractivity contribution is 8.19. The van der Waals surface area contributed by atoms with Crippen LogP contribution < -0.4 is 14.4 Å². The predicted molar refractivity (Wildman–Crippen MR) is 115 cm³/mol. The number of ether oxygens (including phenoxy) is 2. The van der Waals surface area contributed by atoms with Crippen molar-refractivity contribution in [3.05, 3.63) is 58.5 Å². The molecular formula is C22H18F3NO6S. The average Bonchev–Trinajstić information content (AvgIpc) is 3.02. The molecule has 7 nitrogen and oxygen atoms in total. The molecule has 0 bridgehead atoms. The van der Waals surface area contributed by atoms with Gasteiger partial charge in [-0.15, -0.1) is 0 Å². The van der Waals surface area contributed by atoms with Gasteiger partial charge in [0, 0.05) is 0 Å². The molecule has 0 aromatic heterocycles. The quantitative estimate of drug-likeness (QED) is 0.518. The van der Waals surface area contributed by atoms with Crippen LogP contribution in [0.1, 0.15) is 24.5 Å². The number of hydrogen-bond acceptors (Lipinski definition) is 6. The summed E-state index contributed by atoms with van der Waals surface area (Å²) in [6, 6.07) is 8.65. The average molecular weight is 481 g/mol. The number of carbonyl (C=O) groups excluding carboxylic acids is 2. The van der Waals surface area contributed by atoms with Crippen LogP contribution in [-0.2, 0) is 15.8 Å². The van der Waals surface area contributed by atoms with Gasteiger partial charge in [0.25, 0.3) is 11.1 Å². The molecule has 2 aromatic carbocycles. The molecule has 3 rings (SSSR count). The predicted octanol–water partition coefficient (Wildman–Crippen LogP) is 5.20. The van der Waals surface area contributed by atoms with Crippen molar-refractivity contribution < 1.29 is 42.1 Å². The van der Waals surface area contributed by atoms with Gasteiger partial charge in [0.15, 0.2) is 11.5 Å². The number of carbonyl (C=O) groups is 3. The minimum Gasteiger partial charge on any atom is -0.490 e. The number of carboxylic acids is 1. The Bertz CT molecular complexity index is 1120. The third kappa shape index (κ3) is 5.86. The van der Waals surface area contributed by atoms with Crippen molar-refractivity contribution in [2.24, 2.45) is 0 Å². The van der Waals surface area contributed by atoms with E-state index in [2.05, 4.69) is 0 Å². The van der Waals surface area contributed by atoms with Crippen LogP contribution in [0, 0.1) is 0 Å². The van der Waals surface area contributed by atoms with E-state index in [-0.39, 0.29) is 23.6 Å². The number of aliphatic carboxylic acids is 1. The lowest BCUT2D eigenvalue weighted by Crippen LogP contribution is -2.28. The van der Waals surface area contributed by atoms with Crippen LogP contribution in [0.25, 0.3) is 6.08 Å². The van der Waals surface area contributed by atoms with Crippen molar-refractivity contribution in [2.45, 2.75) is 19.5 Å². The fraction of sp³-hybridized carbons (Fsp3) is 0.227. The zero-order valence-electron chi connectivity index (χ0n) is 17.2. The Hall–Kier alpha value is -3.47. The minimum absolute atomic E-state index is 0.0272. The number of benzene rings is 2. The number of nitrogens with zero attached hydrogens (tertiary/aromatic N) is 1. The summed E-state index contributed by atoms with van der Waals surface area (Å²) in [5.41, 5.74) is -0.658. The molecule has 0 spiro atoms. The molecule has 1 aliphatic rings. The first kappa shape index (κ1) is 24.2. The van der Waals surface area contributed by atoms with Crippen molar-refractivity contribution in [1.82, 2.24) is 0 Å². The van der Waals surface area contributed by atoms with E-state index in [0.717, 1.165) is 18.2 Å². The Morgan fingerprint density at radius 2 is 1.88 bits per heavy atom. The number of thioether (sulfide) groups is 1. The first-order valence-electron chi connectivity index (χ1n) is 9.67. The molecular weight excluding hydrogens is 463 g/mol. The van der Waals surface area contributed by atoms with E-state index in [0.29, 0.717) is 40.3 Å². The number of alkyl halides is 3. The van der Waals surface area contributed by atoms with Crippen LogP contribution in [0.15, 0.2) is 47.4 Å². The number of halogens is 3. The summed E-state index contributed by atoms with van der Waals surface area (Å²) in [5.74, 6) is -1.13. The third-order valence-electron chi connectivity index (χ3n) is 4.36. The molecule has 1 saturated heterocycles. The lowest BCUT2D eigenvalue weighted by molar-refractivity contribution is -0.138. The van der Waals surface area contributed by atoms with Crippen molar-refractivity contribution in [1.29, 1.82) is 0 Å². The van der Waals surface area contributed by atoms with Crippen LogP contribution >= 0.6 is 11.8 Å². The Labute approximate surface area is 190 Å². The number of rotatable bonds is 8. The molecule has 0 atom stereocenters. The van der Waals surface area contributed by atoms with Gasteiger partial charge < -0.3 is 14.6 Å². The van der Waals surface area contributed by atoms with Gasteiger partial charge in [0.1, 0.15) is 0 Å². The van der Waals surface area contributed by atoms with E-state index in [1.807, 2.05) is 0 Å². The van der Waals surface area contributed by atoms with E-state index in [1.165, 1.54) is 18.2 Å². The van der Waals surface area contributed by atoms with Crippen LogP contribution in [0.2, 0.25) is 0 Å². The summed E-state index contributed by atoms with van der Waals surface area (Å²) < 4.78 is 50.0. The zero-order chi connectivity index (χ0) is 24.2. The number of anilines is 1. The topological polar surface area (TPSA) is 93.1 Å². The molecule has 0 saturated carbocycles. The Morgan fingerprint density at radius 3 is 2.55 bits per heavy atom. The molecule has 0 unspecified atom stereocenters. The molecule has 33 heavy (non-hydrogen) atoms. The van der Waals surface area contributed by atoms with Crippen molar-refractivity contribution >= 4 is 40.6 Å². The van der Waals surface area contributed by atoms with Crippen molar-refractivity contribution in [3.63, 3.8) is 0 Å². The van der Waals surface area contributed by atoms with Crippen LogP contribution in [-0.4, -0.2) is 35.4 Å². The normalized spacial score (nSPS) is 15.3. The number of carboxylic acid groups (broad SMARTS) is 1. The fourth-order valence-corrected chi connectivity index (χ4v) is 3.75. The second-order valence-electron chi connectivity index (χ2n) is 6.70. The molecule has 0 radical (unpaired) electrons. The van der Waals surface area contributed by atoms with Crippen LogP contribution in [0.5, 0.6) is 11.5 Å². The molecule has 2 amide bonds. The number of hydrogen-bond donors (Lipinski definition) is 1. The van der Waals surface area contributed by atoms with Gasteiger partial charge in [0.05, 0.1) is 35.8 Å². The summed E-state index contributed by atoms with van der Waals surface area (Å²) in [5, 5.41) is 8.01. The SMILES string of the molecule is CCOc1cc(/C=C2/SC(=O)N(c3cccc(C(F)(F)F)c3)C2=O)ccc1OCCC(=O)O. The standard InChI is InChI=1S/C22H18F3NO6S/c1-2-31-17-10-13(6-7-16(17)32-9-8-19(27)28)11-18-20(29)26(21(30)33-18)15-5-3-4-14(12-15)22(23,24)25/h3-7,10-12H,2,8-9H2,1H3,(H,27,28)/b18-11+. The zero-order valence-corrected chi connectivity index (χ0v) is 18.0. The molecule has 11 heteroatoms. The summed E-state index contributed by atoms with van der Waals surface area (Å²) >= 11 is 0.605. The van der Waals surface area contributed by atoms with Crippen LogP contribution in [0.3, 0.4) is 0 Å². The smallest absolute Gasteiger partial charge is 0.416 e. The first-order valence-corrected chi connectivity index (χ1v) is 10.5. The summed E-state index contributed by atoms with van der Waals surface area (Å²) in [4.78, 5) is 36.6. The Kier molecular flexibility index (Phi) is 7.32. The summed E-state index contributed by atoms with van der Waals surface area (Å²) in [6.07, 6.45) is -3.39. The Balaban J connectivity index is 1.85.